The number of nitrogens with zero attached hydrogens (tertiary/aromatic N) is 1. The molecule has 5 heteroatoms. The Labute approximate surface area is 92.0 Å². The summed E-state index contributed by atoms with van der Waals surface area (Å²) in [6, 6.07) is 1.37. The minimum absolute atomic E-state index is 0.0201. The van der Waals surface area contributed by atoms with Crippen molar-refractivity contribution in [3.63, 3.8) is 0 Å². The Morgan fingerprint density at radius 2 is 1.87 bits per heavy atom. The van der Waals surface area contributed by atoms with Crippen molar-refractivity contribution in [3.05, 3.63) is 38.4 Å². The van der Waals surface area contributed by atoms with Crippen LogP contribution in [0.1, 0.15) is 27.0 Å². The van der Waals surface area contributed by atoms with E-state index in [-0.39, 0.29) is 5.69 Å². The van der Waals surface area contributed by atoms with Crippen LogP contribution in [0.3, 0.4) is 0 Å². The van der Waals surface area contributed by atoms with Gasteiger partial charge in [0.05, 0.1) is 4.92 Å². The monoisotopic (exact) mass is 227 g/mol. The molecular formula is C10H10ClNO3. The molecule has 0 saturated heterocycles. The maximum atomic E-state index is 11.1. The van der Waals surface area contributed by atoms with E-state index in [4.69, 9.17) is 11.6 Å². The first-order chi connectivity index (χ1) is 6.86. The zero-order valence-electron chi connectivity index (χ0n) is 8.63. The average molecular weight is 228 g/mol. The Bertz CT molecular complexity index is 454. The van der Waals surface area contributed by atoms with Crippen molar-refractivity contribution in [2.45, 2.75) is 20.8 Å². The highest BCUT2D eigenvalue weighted by molar-refractivity contribution is 6.68. The first kappa shape index (κ1) is 11.7. The molecule has 0 aliphatic carbocycles. The fourth-order valence-corrected chi connectivity index (χ4v) is 1.84. The molecule has 0 fully saturated rings. The van der Waals surface area contributed by atoms with Gasteiger partial charge in [-0.3, -0.25) is 14.9 Å². The zero-order chi connectivity index (χ0) is 11.7. The fourth-order valence-electron chi connectivity index (χ4n) is 1.55. The quantitative estimate of drug-likeness (QED) is 0.443. The first-order valence-corrected chi connectivity index (χ1v) is 4.69. The van der Waals surface area contributed by atoms with Gasteiger partial charge in [-0.25, -0.2) is 0 Å². The van der Waals surface area contributed by atoms with Crippen LogP contribution >= 0.6 is 11.6 Å². The number of rotatable bonds is 2. The Balaban J connectivity index is 3.58. The molecule has 0 N–H and O–H groups in total. The number of nitro groups is 1. The zero-order valence-corrected chi connectivity index (χ0v) is 9.38. The molecular weight excluding hydrogens is 218 g/mol. The molecule has 15 heavy (non-hydrogen) atoms. The van der Waals surface area contributed by atoms with E-state index in [1.54, 1.807) is 20.8 Å². The summed E-state index contributed by atoms with van der Waals surface area (Å²) in [6.07, 6.45) is 0. The van der Waals surface area contributed by atoms with Gasteiger partial charge in [-0.15, -0.1) is 0 Å². The van der Waals surface area contributed by atoms with Crippen molar-refractivity contribution in [2.24, 2.45) is 0 Å². The number of benzene rings is 1. The lowest BCUT2D eigenvalue weighted by atomic mass is 9.97. The third kappa shape index (κ3) is 1.99. The van der Waals surface area contributed by atoms with Crippen LogP contribution in [0, 0.1) is 30.9 Å². The minimum atomic E-state index is -0.581. The molecule has 0 atom stereocenters. The average Bonchev–Trinajstić information content (AvgIpc) is 2.10. The fraction of sp³-hybridized carbons (Fsp3) is 0.300. The second-order valence-corrected chi connectivity index (χ2v) is 3.71. The van der Waals surface area contributed by atoms with E-state index in [2.05, 4.69) is 0 Å². The van der Waals surface area contributed by atoms with Crippen molar-refractivity contribution in [3.8, 4) is 0 Å². The Morgan fingerprint density at radius 3 is 2.27 bits per heavy atom. The van der Waals surface area contributed by atoms with E-state index in [9.17, 15) is 14.9 Å². The molecule has 0 bridgehead atoms. The van der Waals surface area contributed by atoms with Crippen LogP contribution in [-0.4, -0.2) is 10.2 Å². The van der Waals surface area contributed by atoms with Gasteiger partial charge in [0.25, 0.3) is 10.9 Å². The van der Waals surface area contributed by atoms with E-state index in [1.165, 1.54) is 6.07 Å². The van der Waals surface area contributed by atoms with E-state index < -0.39 is 10.2 Å². The minimum Gasteiger partial charge on any atom is -0.276 e. The highest BCUT2D eigenvalue weighted by atomic mass is 35.5. The van der Waals surface area contributed by atoms with Crippen molar-refractivity contribution in [1.82, 2.24) is 0 Å². The highest BCUT2D eigenvalue weighted by Gasteiger charge is 2.20. The molecule has 0 aromatic heterocycles. The summed E-state index contributed by atoms with van der Waals surface area (Å²) in [4.78, 5) is 21.4. The van der Waals surface area contributed by atoms with Gasteiger partial charge in [0.1, 0.15) is 0 Å². The van der Waals surface area contributed by atoms with Crippen LogP contribution < -0.4 is 0 Å². The molecule has 0 saturated carbocycles. The smallest absolute Gasteiger partial charge is 0.272 e. The Hall–Kier alpha value is -1.42. The topological polar surface area (TPSA) is 60.2 Å². The molecule has 1 aromatic carbocycles. The maximum Gasteiger partial charge on any atom is 0.272 e. The van der Waals surface area contributed by atoms with Crippen LogP contribution in [0.2, 0.25) is 0 Å². The third-order valence-corrected chi connectivity index (χ3v) is 2.65. The molecule has 0 aliphatic rings. The highest BCUT2D eigenvalue weighted by Crippen LogP contribution is 2.28. The summed E-state index contributed by atoms with van der Waals surface area (Å²) in [7, 11) is 0. The van der Waals surface area contributed by atoms with Gasteiger partial charge in [0.2, 0.25) is 0 Å². The van der Waals surface area contributed by atoms with Crippen molar-refractivity contribution >= 4 is 22.5 Å². The normalized spacial score (nSPS) is 10.1. The first-order valence-electron chi connectivity index (χ1n) is 4.31. The summed E-state index contributed by atoms with van der Waals surface area (Å²) in [6.45, 7) is 4.90. The largest absolute Gasteiger partial charge is 0.276 e. The van der Waals surface area contributed by atoms with Gasteiger partial charge >= 0.3 is 0 Å². The van der Waals surface area contributed by atoms with Gasteiger partial charge in [-0.1, -0.05) is 0 Å². The van der Waals surface area contributed by atoms with Crippen LogP contribution in [0.25, 0.3) is 0 Å². The number of halogens is 1. The van der Waals surface area contributed by atoms with Crippen LogP contribution in [0.15, 0.2) is 6.07 Å². The van der Waals surface area contributed by atoms with Crippen molar-refractivity contribution < 1.29 is 9.72 Å². The Kier molecular flexibility index (Phi) is 3.09. The second-order valence-electron chi connectivity index (χ2n) is 3.37. The van der Waals surface area contributed by atoms with Crippen molar-refractivity contribution in [1.29, 1.82) is 0 Å². The molecule has 1 rings (SSSR count). The summed E-state index contributed by atoms with van der Waals surface area (Å²) in [5, 5.41) is 10.1. The molecule has 0 spiro atoms. The van der Waals surface area contributed by atoms with E-state index in [1.807, 2.05) is 0 Å². The Morgan fingerprint density at radius 1 is 1.33 bits per heavy atom. The number of carbonyl (C=O) groups is 1. The summed E-state index contributed by atoms with van der Waals surface area (Å²) in [5.74, 6) is 0. The maximum absolute atomic E-state index is 11.1. The predicted molar refractivity (Wildman–Crippen MR) is 57.5 cm³/mol. The van der Waals surface area contributed by atoms with Crippen LogP contribution in [0.4, 0.5) is 5.69 Å². The van der Waals surface area contributed by atoms with Gasteiger partial charge in [-0.05, 0) is 43.5 Å². The third-order valence-electron chi connectivity index (χ3n) is 2.46. The number of hydrogen-bond donors (Lipinski definition) is 0. The number of hydrogen-bond acceptors (Lipinski definition) is 3. The van der Waals surface area contributed by atoms with Gasteiger partial charge in [-0.2, -0.15) is 0 Å². The molecule has 0 aliphatic heterocycles. The standard InChI is InChI=1S/C10H10ClNO3/c1-5-4-8(12(14)15)6(2)7(3)9(5)10(11)13/h4H,1-3H3. The molecule has 0 amide bonds. The van der Waals surface area contributed by atoms with E-state index in [0.717, 1.165) is 0 Å². The van der Waals surface area contributed by atoms with Gasteiger partial charge < -0.3 is 0 Å². The molecule has 1 aromatic rings. The molecule has 0 unspecified atom stereocenters. The lowest BCUT2D eigenvalue weighted by Gasteiger charge is -2.08. The molecule has 80 valence electrons. The lowest BCUT2D eigenvalue weighted by Crippen LogP contribution is -2.03. The molecule has 0 heterocycles. The number of aryl methyl sites for hydroxylation is 1. The molecule has 0 radical (unpaired) electrons. The van der Waals surface area contributed by atoms with Gasteiger partial charge in [0.15, 0.2) is 0 Å². The summed E-state index contributed by atoms with van der Waals surface area (Å²) >= 11 is 5.41. The predicted octanol–water partition coefficient (Wildman–Crippen LogP) is 2.90. The van der Waals surface area contributed by atoms with Crippen LogP contribution in [-0.2, 0) is 0 Å². The SMILES string of the molecule is Cc1cc([N+](=O)[O-])c(C)c(C)c1C(=O)Cl. The lowest BCUT2D eigenvalue weighted by molar-refractivity contribution is -0.385. The summed E-state index contributed by atoms with van der Waals surface area (Å²) < 4.78 is 0. The second kappa shape index (κ2) is 3.98. The van der Waals surface area contributed by atoms with Crippen molar-refractivity contribution in [2.75, 3.05) is 0 Å². The van der Waals surface area contributed by atoms with E-state index >= 15 is 0 Å². The van der Waals surface area contributed by atoms with Crippen LogP contribution in [0.5, 0.6) is 0 Å². The summed E-state index contributed by atoms with van der Waals surface area (Å²) in [5.41, 5.74) is 1.97. The number of carbonyl (C=O) groups excluding carboxylic acids is 1. The van der Waals surface area contributed by atoms with Gasteiger partial charge in [0, 0.05) is 17.2 Å². The number of nitro benzene ring substituents is 1. The molecule has 4 nitrogen and oxygen atoms in total. The van der Waals surface area contributed by atoms with E-state index in [0.29, 0.717) is 22.3 Å².